The molecule has 0 spiro atoms. The van der Waals surface area contributed by atoms with Crippen LogP contribution in [-0.2, 0) is 19.1 Å². The number of aryl methyl sites for hydroxylation is 1. The summed E-state index contributed by atoms with van der Waals surface area (Å²) in [6.07, 6.45) is 0. The molecular formula is C25H24ClN3O5. The molecule has 0 aromatic heterocycles. The minimum Gasteiger partial charge on any atom is -0.484 e. The standard InChI is InChI=1S/C25H24ClN3O5/c1-4-32-25(31)22-15(3)34-24(28)19(12-27)23(22)16-6-5-7-18(10-16)33-13-21(30)29-17-9-8-14(2)20(26)11-17/h5-11,23H,4,13,28H2,1-3H3,(H,29,30). The van der Waals surface area contributed by atoms with E-state index in [0.717, 1.165) is 5.56 Å². The molecule has 1 unspecified atom stereocenters. The van der Waals surface area contributed by atoms with Crippen molar-refractivity contribution in [1.29, 1.82) is 5.26 Å². The molecule has 1 aliphatic heterocycles. The van der Waals surface area contributed by atoms with Crippen LogP contribution in [-0.4, -0.2) is 25.1 Å². The number of ether oxygens (including phenoxy) is 3. The Morgan fingerprint density at radius 3 is 2.68 bits per heavy atom. The molecule has 1 amide bonds. The van der Waals surface area contributed by atoms with Crippen LogP contribution in [0.25, 0.3) is 0 Å². The van der Waals surface area contributed by atoms with E-state index in [2.05, 4.69) is 5.32 Å². The summed E-state index contributed by atoms with van der Waals surface area (Å²) in [5, 5.41) is 13.0. The van der Waals surface area contributed by atoms with Crippen molar-refractivity contribution in [3.63, 3.8) is 0 Å². The van der Waals surface area contributed by atoms with Gasteiger partial charge >= 0.3 is 5.97 Å². The molecule has 34 heavy (non-hydrogen) atoms. The first-order chi connectivity index (χ1) is 16.2. The monoisotopic (exact) mass is 481 g/mol. The molecule has 1 atom stereocenters. The first-order valence-corrected chi connectivity index (χ1v) is 10.9. The van der Waals surface area contributed by atoms with Crippen molar-refractivity contribution in [2.24, 2.45) is 5.73 Å². The van der Waals surface area contributed by atoms with E-state index in [9.17, 15) is 14.9 Å². The van der Waals surface area contributed by atoms with Gasteiger partial charge in [-0.25, -0.2) is 4.79 Å². The number of hydrogen-bond acceptors (Lipinski definition) is 7. The number of nitriles is 1. The van der Waals surface area contributed by atoms with E-state index in [1.807, 2.05) is 13.0 Å². The van der Waals surface area contributed by atoms with E-state index in [-0.39, 0.29) is 41.9 Å². The number of halogens is 1. The predicted molar refractivity (Wildman–Crippen MR) is 127 cm³/mol. The molecular weight excluding hydrogens is 458 g/mol. The smallest absolute Gasteiger partial charge is 0.338 e. The summed E-state index contributed by atoms with van der Waals surface area (Å²) in [5.41, 5.74) is 8.21. The molecule has 3 rings (SSSR count). The number of benzene rings is 2. The van der Waals surface area contributed by atoms with Crippen LogP contribution >= 0.6 is 11.6 Å². The van der Waals surface area contributed by atoms with E-state index in [1.54, 1.807) is 56.3 Å². The fraction of sp³-hybridized carbons (Fsp3) is 0.240. The molecule has 3 N–H and O–H groups in total. The molecule has 0 saturated heterocycles. The zero-order chi connectivity index (χ0) is 24.8. The third-order valence-corrected chi connectivity index (χ3v) is 5.53. The molecule has 0 saturated carbocycles. The largest absolute Gasteiger partial charge is 0.484 e. The highest BCUT2D eigenvalue weighted by atomic mass is 35.5. The number of hydrogen-bond donors (Lipinski definition) is 2. The van der Waals surface area contributed by atoms with E-state index in [4.69, 9.17) is 31.5 Å². The number of rotatable bonds is 7. The molecule has 2 aromatic rings. The van der Waals surface area contributed by atoms with E-state index < -0.39 is 11.9 Å². The fourth-order valence-electron chi connectivity index (χ4n) is 3.49. The van der Waals surface area contributed by atoms with Gasteiger partial charge in [0.05, 0.1) is 18.1 Å². The normalized spacial score (nSPS) is 15.3. The highest BCUT2D eigenvalue weighted by Gasteiger charge is 2.36. The highest BCUT2D eigenvalue weighted by molar-refractivity contribution is 6.31. The maximum absolute atomic E-state index is 12.7. The van der Waals surface area contributed by atoms with Crippen molar-refractivity contribution in [2.45, 2.75) is 26.7 Å². The summed E-state index contributed by atoms with van der Waals surface area (Å²) in [6, 6.07) is 14.0. The maximum Gasteiger partial charge on any atom is 0.338 e. The molecule has 0 radical (unpaired) electrons. The number of carbonyl (C=O) groups is 2. The molecule has 176 valence electrons. The zero-order valence-electron chi connectivity index (χ0n) is 19.0. The van der Waals surface area contributed by atoms with Crippen molar-refractivity contribution in [3.05, 3.63) is 81.4 Å². The zero-order valence-corrected chi connectivity index (χ0v) is 19.7. The summed E-state index contributed by atoms with van der Waals surface area (Å²) < 4.78 is 16.2. The lowest BCUT2D eigenvalue weighted by atomic mass is 9.83. The van der Waals surface area contributed by atoms with Crippen molar-refractivity contribution in [1.82, 2.24) is 0 Å². The first kappa shape index (κ1) is 24.7. The Kier molecular flexibility index (Phi) is 7.82. The van der Waals surface area contributed by atoms with Crippen LogP contribution < -0.4 is 15.8 Å². The van der Waals surface area contributed by atoms with Gasteiger partial charge in [-0.2, -0.15) is 5.26 Å². The molecule has 1 aliphatic rings. The molecule has 2 aromatic carbocycles. The van der Waals surface area contributed by atoms with E-state index in [1.165, 1.54) is 0 Å². The van der Waals surface area contributed by atoms with Crippen LogP contribution in [0.1, 0.15) is 30.9 Å². The van der Waals surface area contributed by atoms with Gasteiger partial charge in [-0.15, -0.1) is 0 Å². The second-order valence-electron chi connectivity index (χ2n) is 7.49. The summed E-state index contributed by atoms with van der Waals surface area (Å²) in [5.74, 6) is -1.24. The first-order valence-electron chi connectivity index (χ1n) is 10.5. The van der Waals surface area contributed by atoms with Gasteiger partial charge in [-0.3, -0.25) is 4.79 Å². The summed E-state index contributed by atoms with van der Waals surface area (Å²) in [4.78, 5) is 25.0. The minimum atomic E-state index is -0.801. The second kappa shape index (κ2) is 10.8. The van der Waals surface area contributed by atoms with Crippen LogP contribution in [0.5, 0.6) is 5.75 Å². The maximum atomic E-state index is 12.7. The Morgan fingerprint density at radius 1 is 1.24 bits per heavy atom. The second-order valence-corrected chi connectivity index (χ2v) is 7.90. The molecule has 0 bridgehead atoms. The lowest BCUT2D eigenvalue weighted by Crippen LogP contribution is -2.25. The van der Waals surface area contributed by atoms with Crippen molar-refractivity contribution >= 4 is 29.2 Å². The van der Waals surface area contributed by atoms with E-state index in [0.29, 0.717) is 22.0 Å². The van der Waals surface area contributed by atoms with Gasteiger partial charge in [0.2, 0.25) is 5.88 Å². The number of nitrogens with one attached hydrogen (secondary N) is 1. The summed E-state index contributed by atoms with van der Waals surface area (Å²) >= 11 is 6.10. The van der Waals surface area contributed by atoms with Gasteiger partial charge in [0.15, 0.2) is 6.61 Å². The Hall–Kier alpha value is -3.96. The van der Waals surface area contributed by atoms with Crippen LogP contribution in [0.4, 0.5) is 5.69 Å². The topological polar surface area (TPSA) is 124 Å². The Morgan fingerprint density at radius 2 is 2.00 bits per heavy atom. The van der Waals surface area contributed by atoms with Crippen LogP contribution in [0.2, 0.25) is 5.02 Å². The number of anilines is 1. The van der Waals surface area contributed by atoms with Crippen molar-refractivity contribution < 1.29 is 23.8 Å². The number of nitrogens with zero attached hydrogens (tertiary/aromatic N) is 1. The average molecular weight is 482 g/mol. The summed E-state index contributed by atoms with van der Waals surface area (Å²) in [7, 11) is 0. The van der Waals surface area contributed by atoms with Gasteiger partial charge in [0, 0.05) is 10.7 Å². The molecule has 0 aliphatic carbocycles. The lowest BCUT2D eigenvalue weighted by molar-refractivity contribution is -0.139. The molecule has 0 fully saturated rings. The SMILES string of the molecule is CCOC(=O)C1=C(C)OC(N)=C(C#N)C1c1cccc(OCC(=O)Nc2ccc(C)c(Cl)c2)c1. The van der Waals surface area contributed by atoms with Crippen molar-refractivity contribution in [3.8, 4) is 11.8 Å². The number of carbonyl (C=O) groups excluding carboxylic acids is 2. The summed E-state index contributed by atoms with van der Waals surface area (Å²) in [6.45, 7) is 5.04. The Labute approximate surface area is 202 Å². The highest BCUT2D eigenvalue weighted by Crippen LogP contribution is 2.40. The molecule has 9 heteroatoms. The number of nitrogens with two attached hydrogens (primary N) is 1. The van der Waals surface area contributed by atoms with Gasteiger partial charge in [-0.05, 0) is 56.2 Å². The Balaban J connectivity index is 1.81. The lowest BCUT2D eigenvalue weighted by Gasteiger charge is -2.27. The minimum absolute atomic E-state index is 0.0829. The van der Waals surface area contributed by atoms with Crippen LogP contribution in [0.3, 0.4) is 0 Å². The number of allylic oxidation sites excluding steroid dienone is 2. The molecule has 1 heterocycles. The van der Waals surface area contributed by atoms with Crippen molar-refractivity contribution in [2.75, 3.05) is 18.5 Å². The predicted octanol–water partition coefficient (Wildman–Crippen LogP) is 4.31. The van der Waals surface area contributed by atoms with Gasteiger partial charge < -0.3 is 25.3 Å². The molecule has 8 nitrogen and oxygen atoms in total. The Bertz CT molecular complexity index is 1230. The van der Waals surface area contributed by atoms with Gasteiger partial charge in [-0.1, -0.05) is 29.8 Å². The van der Waals surface area contributed by atoms with E-state index >= 15 is 0 Å². The quantitative estimate of drug-likeness (QED) is 0.564. The van der Waals surface area contributed by atoms with Gasteiger partial charge in [0.25, 0.3) is 5.91 Å². The fourth-order valence-corrected chi connectivity index (χ4v) is 3.67. The van der Waals surface area contributed by atoms with Gasteiger partial charge in [0.1, 0.15) is 23.2 Å². The number of amides is 1. The van der Waals surface area contributed by atoms with Crippen LogP contribution in [0, 0.1) is 18.3 Å². The third-order valence-electron chi connectivity index (χ3n) is 5.12. The third kappa shape index (κ3) is 5.50. The van der Waals surface area contributed by atoms with Crippen LogP contribution in [0.15, 0.2) is 65.3 Å². The number of esters is 1. The average Bonchev–Trinajstić information content (AvgIpc) is 2.80.